The van der Waals surface area contributed by atoms with Crippen LogP contribution in [0.2, 0.25) is 0 Å². The molecule has 0 saturated heterocycles. The highest BCUT2D eigenvalue weighted by atomic mass is 31.2. The lowest BCUT2D eigenvalue weighted by Gasteiger charge is -2.24. The van der Waals surface area contributed by atoms with Crippen LogP contribution in [-0.4, -0.2) is 74.9 Å². The van der Waals surface area contributed by atoms with Crippen molar-refractivity contribution >= 4 is 19.8 Å². The van der Waals surface area contributed by atoms with E-state index < -0.39 is 32.5 Å². The Kier molecular flexibility index (Phi) is 33.8. The molecule has 0 bridgehead atoms. The number of rotatable bonds is 37. The molecule has 0 aliphatic heterocycles. The number of nitrogens with zero attached hydrogens (tertiary/aromatic N) is 1. The van der Waals surface area contributed by atoms with Crippen LogP contribution in [0.5, 0.6) is 0 Å². The predicted molar refractivity (Wildman–Crippen MR) is 215 cm³/mol. The molecule has 10 heteroatoms. The third kappa shape index (κ3) is 38.0. The van der Waals surface area contributed by atoms with E-state index in [9.17, 15) is 19.0 Å². The molecule has 0 spiro atoms. The first-order valence-electron chi connectivity index (χ1n) is 20.7. The molecular formula is C42H79NO8P+. The lowest BCUT2D eigenvalue weighted by molar-refractivity contribution is -0.870. The number of hydrogen-bond donors (Lipinski definition) is 1. The molecule has 9 nitrogen and oxygen atoms in total. The highest BCUT2D eigenvalue weighted by Gasteiger charge is 2.27. The summed E-state index contributed by atoms with van der Waals surface area (Å²) in [5, 5.41) is 0. The topological polar surface area (TPSA) is 108 Å². The maximum atomic E-state index is 12.6. The predicted octanol–water partition coefficient (Wildman–Crippen LogP) is 11.4. The van der Waals surface area contributed by atoms with Crippen LogP contribution in [0.25, 0.3) is 0 Å². The summed E-state index contributed by atoms with van der Waals surface area (Å²) in [6, 6.07) is 0. The molecule has 52 heavy (non-hydrogen) atoms. The SMILES string of the molecule is CCCCCCCC/C=C\C/C=C\C/C=C\CCCC(=O)OC[C@H](COP(=O)(O)OCC[N+](C)(C)C)OC(=O)CCCCCCCCCCCCC. The Labute approximate surface area is 319 Å². The number of allylic oxidation sites excluding steroid dienone is 6. The fraction of sp³-hybridized carbons (Fsp3) is 0.810. The molecule has 0 saturated carbocycles. The van der Waals surface area contributed by atoms with Gasteiger partial charge in [-0.3, -0.25) is 18.6 Å². The Morgan fingerprint density at radius 3 is 1.60 bits per heavy atom. The standard InChI is InChI=1S/C42H78NO8P/c1-6-8-10-12-14-16-18-19-20-21-22-23-25-26-28-30-32-34-41(44)48-38-40(39-50-52(46,47)49-37-36-43(3,4)5)51-42(45)35-33-31-29-27-24-17-15-13-11-9-7-2/h19-20,22-23,26,28,40H,6-18,21,24-25,27,29-39H2,1-5H3/p+1/b20-19-,23-22-,28-26-/t40-/m1/s1. The first kappa shape index (κ1) is 50.2. The normalized spacial score (nSPS) is 14.0. The monoisotopic (exact) mass is 757 g/mol. The Morgan fingerprint density at radius 2 is 1.06 bits per heavy atom. The van der Waals surface area contributed by atoms with E-state index in [1.54, 1.807) is 0 Å². The molecule has 0 aliphatic carbocycles. The number of hydrogen-bond acceptors (Lipinski definition) is 7. The maximum Gasteiger partial charge on any atom is 0.472 e. The molecule has 1 unspecified atom stereocenters. The number of carbonyl (C=O) groups is 2. The third-order valence-corrected chi connectivity index (χ3v) is 9.66. The van der Waals surface area contributed by atoms with Gasteiger partial charge >= 0.3 is 19.8 Å². The molecule has 0 aromatic rings. The smallest absolute Gasteiger partial charge is 0.462 e. The number of unbranched alkanes of at least 4 members (excludes halogenated alkanes) is 17. The molecule has 0 fully saturated rings. The van der Waals surface area contributed by atoms with Gasteiger partial charge in [0.2, 0.25) is 0 Å². The second-order valence-electron chi connectivity index (χ2n) is 15.0. The zero-order valence-corrected chi connectivity index (χ0v) is 34.9. The Hall–Kier alpha value is -1.77. The van der Waals surface area contributed by atoms with E-state index in [0.717, 1.165) is 32.1 Å². The van der Waals surface area contributed by atoms with Gasteiger partial charge in [-0.1, -0.05) is 147 Å². The largest absolute Gasteiger partial charge is 0.472 e. The first-order valence-corrected chi connectivity index (χ1v) is 22.2. The molecule has 0 rings (SSSR count). The summed E-state index contributed by atoms with van der Waals surface area (Å²) in [7, 11) is 1.45. The molecule has 0 aromatic heterocycles. The van der Waals surface area contributed by atoms with E-state index in [2.05, 4.69) is 50.3 Å². The molecule has 1 N–H and O–H groups in total. The van der Waals surface area contributed by atoms with Gasteiger partial charge in [0.05, 0.1) is 27.7 Å². The number of quaternary nitrogens is 1. The molecule has 0 aliphatic rings. The Balaban J connectivity index is 4.46. The number of esters is 2. The summed E-state index contributed by atoms with van der Waals surface area (Å²) in [5.74, 6) is -0.860. The van der Waals surface area contributed by atoms with Gasteiger partial charge in [-0.15, -0.1) is 0 Å². The van der Waals surface area contributed by atoms with Crippen molar-refractivity contribution < 1.29 is 42.1 Å². The van der Waals surface area contributed by atoms with Gasteiger partial charge < -0.3 is 18.9 Å². The summed E-state index contributed by atoms with van der Waals surface area (Å²) in [5.41, 5.74) is 0. The van der Waals surface area contributed by atoms with Crippen LogP contribution in [0.1, 0.15) is 168 Å². The lowest BCUT2D eigenvalue weighted by Crippen LogP contribution is -2.37. The molecule has 0 aromatic carbocycles. The van der Waals surface area contributed by atoms with Gasteiger partial charge in [-0.25, -0.2) is 4.57 Å². The molecule has 2 atom stereocenters. The number of carbonyl (C=O) groups excluding carboxylic acids is 2. The summed E-state index contributed by atoms with van der Waals surface area (Å²) in [4.78, 5) is 35.2. The summed E-state index contributed by atoms with van der Waals surface area (Å²) >= 11 is 0. The minimum atomic E-state index is -4.38. The number of phosphoric acid groups is 1. The minimum absolute atomic E-state index is 0.0248. The van der Waals surface area contributed by atoms with Gasteiger partial charge in [0.15, 0.2) is 6.10 Å². The van der Waals surface area contributed by atoms with Gasteiger partial charge in [0.1, 0.15) is 19.8 Å². The highest BCUT2D eigenvalue weighted by Crippen LogP contribution is 2.43. The van der Waals surface area contributed by atoms with E-state index in [1.807, 2.05) is 21.1 Å². The van der Waals surface area contributed by atoms with Crippen LogP contribution < -0.4 is 0 Å². The second-order valence-corrected chi connectivity index (χ2v) is 16.5. The van der Waals surface area contributed by atoms with Crippen molar-refractivity contribution in [2.75, 3.05) is 47.5 Å². The van der Waals surface area contributed by atoms with Crippen molar-refractivity contribution in [2.45, 2.75) is 174 Å². The van der Waals surface area contributed by atoms with Crippen LogP contribution in [0.15, 0.2) is 36.5 Å². The first-order chi connectivity index (χ1) is 25.0. The van der Waals surface area contributed by atoms with Crippen molar-refractivity contribution in [2.24, 2.45) is 0 Å². The van der Waals surface area contributed by atoms with Crippen LogP contribution >= 0.6 is 7.82 Å². The maximum absolute atomic E-state index is 12.6. The molecular weight excluding hydrogens is 677 g/mol. The lowest BCUT2D eigenvalue weighted by atomic mass is 10.1. The van der Waals surface area contributed by atoms with E-state index in [4.69, 9.17) is 18.5 Å². The van der Waals surface area contributed by atoms with Gasteiger partial charge in [-0.2, -0.15) is 0 Å². The summed E-state index contributed by atoms with van der Waals surface area (Å²) in [6.07, 6.45) is 37.7. The van der Waals surface area contributed by atoms with Gasteiger partial charge in [-0.05, 0) is 44.9 Å². The van der Waals surface area contributed by atoms with Crippen molar-refractivity contribution in [3.05, 3.63) is 36.5 Å². The Morgan fingerprint density at radius 1 is 0.596 bits per heavy atom. The third-order valence-electron chi connectivity index (χ3n) is 8.67. The zero-order chi connectivity index (χ0) is 38.6. The number of likely N-dealkylation sites (N-methyl/N-ethyl adjacent to an activating group) is 1. The van der Waals surface area contributed by atoms with Crippen molar-refractivity contribution in [1.29, 1.82) is 0 Å². The van der Waals surface area contributed by atoms with E-state index in [-0.39, 0.29) is 26.1 Å². The number of ether oxygens (including phenoxy) is 2. The quantitative estimate of drug-likeness (QED) is 0.0219. The summed E-state index contributed by atoms with van der Waals surface area (Å²) < 4.78 is 34.1. The molecule has 0 amide bonds. The minimum Gasteiger partial charge on any atom is -0.462 e. The number of phosphoric ester groups is 1. The van der Waals surface area contributed by atoms with Crippen LogP contribution in [0.4, 0.5) is 0 Å². The Bertz CT molecular complexity index is 991. The van der Waals surface area contributed by atoms with E-state index in [1.165, 1.54) is 96.3 Å². The average Bonchev–Trinajstić information content (AvgIpc) is 3.09. The fourth-order valence-corrected chi connectivity index (χ4v) is 6.12. The van der Waals surface area contributed by atoms with Crippen molar-refractivity contribution in [3.8, 4) is 0 Å². The fourth-order valence-electron chi connectivity index (χ4n) is 5.38. The van der Waals surface area contributed by atoms with Crippen LogP contribution in [0.3, 0.4) is 0 Å². The zero-order valence-electron chi connectivity index (χ0n) is 34.0. The molecule has 304 valence electrons. The van der Waals surface area contributed by atoms with Crippen LogP contribution in [0, 0.1) is 0 Å². The summed E-state index contributed by atoms with van der Waals surface area (Å²) in [6.45, 7) is 4.34. The van der Waals surface area contributed by atoms with Crippen molar-refractivity contribution in [3.63, 3.8) is 0 Å². The van der Waals surface area contributed by atoms with Gasteiger partial charge in [0, 0.05) is 12.8 Å². The van der Waals surface area contributed by atoms with E-state index >= 15 is 0 Å². The van der Waals surface area contributed by atoms with Crippen LogP contribution in [-0.2, 0) is 32.7 Å². The van der Waals surface area contributed by atoms with Gasteiger partial charge in [0.25, 0.3) is 0 Å². The second kappa shape index (κ2) is 35.0. The van der Waals surface area contributed by atoms with Crippen molar-refractivity contribution in [1.82, 2.24) is 0 Å². The average molecular weight is 757 g/mol. The molecule has 0 heterocycles. The highest BCUT2D eigenvalue weighted by molar-refractivity contribution is 7.47. The molecule has 0 radical (unpaired) electrons. The van der Waals surface area contributed by atoms with E-state index in [0.29, 0.717) is 23.9 Å².